The van der Waals surface area contributed by atoms with Crippen molar-refractivity contribution in [3.05, 3.63) is 35.6 Å². The van der Waals surface area contributed by atoms with Gasteiger partial charge in [0.05, 0.1) is 0 Å². The molecule has 1 unspecified atom stereocenters. The fraction of sp³-hybridized carbons (Fsp3) is 0.625. The van der Waals surface area contributed by atoms with E-state index in [1.54, 1.807) is 6.07 Å². The number of ether oxygens (including phenoxy) is 1. The Labute approximate surface area is 116 Å². The van der Waals surface area contributed by atoms with Crippen LogP contribution in [0.4, 0.5) is 4.39 Å². The summed E-state index contributed by atoms with van der Waals surface area (Å²) in [5, 5.41) is 3.13. The van der Waals surface area contributed by atoms with Gasteiger partial charge in [-0.2, -0.15) is 0 Å². The molecule has 0 fully saturated rings. The third-order valence-corrected chi connectivity index (χ3v) is 3.25. The predicted octanol–water partition coefficient (Wildman–Crippen LogP) is 3.58. The highest BCUT2D eigenvalue weighted by Crippen LogP contribution is 2.22. The largest absolute Gasteiger partial charge is 0.381 e. The maximum atomic E-state index is 13.8. The molecule has 0 spiro atoms. The van der Waals surface area contributed by atoms with Crippen molar-refractivity contribution in [1.82, 2.24) is 5.32 Å². The quantitative estimate of drug-likeness (QED) is 0.690. The summed E-state index contributed by atoms with van der Waals surface area (Å²) < 4.78 is 19.4. The maximum Gasteiger partial charge on any atom is 0.126 e. The van der Waals surface area contributed by atoms with E-state index in [4.69, 9.17) is 4.74 Å². The van der Waals surface area contributed by atoms with E-state index in [9.17, 15) is 4.39 Å². The van der Waals surface area contributed by atoms with Crippen LogP contribution in [-0.2, 0) is 4.74 Å². The molecule has 0 saturated carbocycles. The Morgan fingerprint density at radius 1 is 1.16 bits per heavy atom. The van der Waals surface area contributed by atoms with Gasteiger partial charge in [0.1, 0.15) is 5.82 Å². The van der Waals surface area contributed by atoms with Crippen molar-refractivity contribution >= 4 is 0 Å². The lowest BCUT2D eigenvalue weighted by molar-refractivity contribution is 0.116. The van der Waals surface area contributed by atoms with Crippen LogP contribution in [0.15, 0.2) is 24.3 Å². The molecule has 3 heteroatoms. The smallest absolute Gasteiger partial charge is 0.126 e. The molecule has 0 aromatic heterocycles. The molecule has 1 rings (SSSR count). The first-order chi connectivity index (χ1) is 9.15. The van der Waals surface area contributed by atoms with Crippen LogP contribution in [-0.4, -0.2) is 26.8 Å². The number of nitrogens with one attached hydrogen (secondary N) is 1. The van der Waals surface area contributed by atoms with E-state index in [1.807, 2.05) is 19.2 Å². The second-order valence-electron chi connectivity index (χ2n) is 5.36. The maximum absolute atomic E-state index is 13.8. The molecular weight excluding hydrogens is 241 g/mol. The molecule has 0 aliphatic heterocycles. The Balaban J connectivity index is 2.43. The lowest BCUT2D eigenvalue weighted by atomic mass is 9.95. The summed E-state index contributed by atoms with van der Waals surface area (Å²) in [7, 11) is 1.90. The zero-order valence-electron chi connectivity index (χ0n) is 12.3. The van der Waals surface area contributed by atoms with Gasteiger partial charge in [0.2, 0.25) is 0 Å². The van der Waals surface area contributed by atoms with E-state index in [-0.39, 0.29) is 11.7 Å². The molecule has 1 atom stereocenters. The molecule has 1 N–H and O–H groups in total. The monoisotopic (exact) mass is 267 g/mol. The first-order valence-corrected chi connectivity index (χ1v) is 7.12. The predicted molar refractivity (Wildman–Crippen MR) is 78.0 cm³/mol. The highest BCUT2D eigenvalue weighted by atomic mass is 19.1. The molecule has 1 aromatic carbocycles. The van der Waals surface area contributed by atoms with E-state index >= 15 is 0 Å². The lowest BCUT2D eigenvalue weighted by Gasteiger charge is -2.18. The summed E-state index contributed by atoms with van der Waals surface area (Å²) in [6.45, 7) is 6.63. The van der Waals surface area contributed by atoms with Crippen LogP contribution in [0, 0.1) is 11.7 Å². The Kier molecular flexibility index (Phi) is 7.68. The number of hydrogen-bond donors (Lipinski definition) is 1. The molecular formula is C16H26FNO. The molecule has 0 aliphatic carbocycles. The standard InChI is InChI=1S/C16H26FNO/c1-13(2)8-10-19-11-9-14(12-18-3)15-6-4-5-7-16(15)17/h4-7,13-14,18H,8-12H2,1-3H3. The molecule has 19 heavy (non-hydrogen) atoms. The van der Waals surface area contributed by atoms with Crippen LogP contribution < -0.4 is 5.32 Å². The van der Waals surface area contributed by atoms with Gasteiger partial charge < -0.3 is 10.1 Å². The summed E-state index contributed by atoms with van der Waals surface area (Å²) in [5.41, 5.74) is 0.782. The van der Waals surface area contributed by atoms with Crippen LogP contribution in [0.5, 0.6) is 0 Å². The van der Waals surface area contributed by atoms with Crippen LogP contribution in [0.2, 0.25) is 0 Å². The van der Waals surface area contributed by atoms with E-state index < -0.39 is 0 Å². The number of benzene rings is 1. The zero-order valence-corrected chi connectivity index (χ0v) is 12.3. The normalized spacial score (nSPS) is 12.9. The topological polar surface area (TPSA) is 21.3 Å². The van der Waals surface area contributed by atoms with Gasteiger partial charge in [-0.15, -0.1) is 0 Å². The lowest BCUT2D eigenvalue weighted by Crippen LogP contribution is -2.20. The first kappa shape index (κ1) is 16.1. The van der Waals surface area contributed by atoms with Gasteiger partial charge in [-0.05, 0) is 37.4 Å². The second kappa shape index (κ2) is 9.05. The molecule has 2 nitrogen and oxygen atoms in total. The summed E-state index contributed by atoms with van der Waals surface area (Å²) >= 11 is 0. The fourth-order valence-corrected chi connectivity index (χ4v) is 2.07. The number of hydrogen-bond acceptors (Lipinski definition) is 2. The summed E-state index contributed by atoms with van der Waals surface area (Å²) in [4.78, 5) is 0. The Morgan fingerprint density at radius 2 is 1.84 bits per heavy atom. The second-order valence-corrected chi connectivity index (χ2v) is 5.36. The molecule has 0 saturated heterocycles. The molecule has 0 heterocycles. The fourth-order valence-electron chi connectivity index (χ4n) is 2.07. The average Bonchev–Trinajstić information content (AvgIpc) is 2.37. The van der Waals surface area contributed by atoms with Gasteiger partial charge in [0, 0.05) is 25.7 Å². The summed E-state index contributed by atoms with van der Waals surface area (Å²) in [6.07, 6.45) is 1.93. The van der Waals surface area contributed by atoms with Crippen molar-refractivity contribution in [3.8, 4) is 0 Å². The summed E-state index contributed by atoms with van der Waals surface area (Å²) in [6, 6.07) is 7.01. The summed E-state index contributed by atoms with van der Waals surface area (Å²) in [5.74, 6) is 0.717. The minimum atomic E-state index is -0.120. The minimum Gasteiger partial charge on any atom is -0.381 e. The highest BCUT2D eigenvalue weighted by Gasteiger charge is 2.14. The Hall–Kier alpha value is -0.930. The van der Waals surface area contributed by atoms with E-state index in [2.05, 4.69) is 19.2 Å². The SMILES string of the molecule is CNCC(CCOCCC(C)C)c1ccccc1F. The van der Waals surface area contributed by atoms with Crippen molar-refractivity contribution in [2.45, 2.75) is 32.6 Å². The number of likely N-dealkylation sites (N-methyl/N-ethyl adjacent to an activating group) is 1. The van der Waals surface area contributed by atoms with Crippen molar-refractivity contribution in [2.75, 3.05) is 26.8 Å². The highest BCUT2D eigenvalue weighted by molar-refractivity contribution is 5.22. The third kappa shape index (κ3) is 6.17. The van der Waals surface area contributed by atoms with Gasteiger partial charge in [-0.3, -0.25) is 0 Å². The van der Waals surface area contributed by atoms with Crippen LogP contribution >= 0.6 is 0 Å². The Bertz CT molecular complexity index is 354. The molecule has 0 amide bonds. The van der Waals surface area contributed by atoms with Crippen LogP contribution in [0.25, 0.3) is 0 Å². The molecule has 0 aliphatic rings. The number of halogens is 1. The van der Waals surface area contributed by atoms with Gasteiger partial charge in [0.25, 0.3) is 0 Å². The molecule has 0 radical (unpaired) electrons. The van der Waals surface area contributed by atoms with E-state index in [0.717, 1.165) is 31.6 Å². The van der Waals surface area contributed by atoms with Crippen molar-refractivity contribution in [1.29, 1.82) is 0 Å². The van der Waals surface area contributed by atoms with Crippen molar-refractivity contribution in [3.63, 3.8) is 0 Å². The van der Waals surface area contributed by atoms with Gasteiger partial charge in [0.15, 0.2) is 0 Å². The zero-order chi connectivity index (χ0) is 14.1. The average molecular weight is 267 g/mol. The van der Waals surface area contributed by atoms with Crippen molar-refractivity contribution < 1.29 is 9.13 Å². The van der Waals surface area contributed by atoms with E-state index in [0.29, 0.717) is 12.5 Å². The Morgan fingerprint density at radius 3 is 2.47 bits per heavy atom. The van der Waals surface area contributed by atoms with Crippen LogP contribution in [0.3, 0.4) is 0 Å². The minimum absolute atomic E-state index is 0.120. The first-order valence-electron chi connectivity index (χ1n) is 7.12. The molecule has 1 aromatic rings. The van der Waals surface area contributed by atoms with Crippen LogP contribution in [0.1, 0.15) is 38.2 Å². The molecule has 108 valence electrons. The third-order valence-electron chi connectivity index (χ3n) is 3.25. The van der Waals surface area contributed by atoms with Gasteiger partial charge in [-0.1, -0.05) is 32.0 Å². The van der Waals surface area contributed by atoms with Gasteiger partial charge in [-0.25, -0.2) is 4.39 Å². The number of rotatable bonds is 9. The van der Waals surface area contributed by atoms with E-state index in [1.165, 1.54) is 6.07 Å². The molecule has 0 bridgehead atoms. The van der Waals surface area contributed by atoms with Gasteiger partial charge >= 0.3 is 0 Å². The van der Waals surface area contributed by atoms with Crippen molar-refractivity contribution in [2.24, 2.45) is 5.92 Å².